The van der Waals surface area contributed by atoms with E-state index in [4.69, 9.17) is 4.74 Å². The van der Waals surface area contributed by atoms with Crippen LogP contribution in [-0.2, 0) is 11.3 Å². The molecule has 0 radical (unpaired) electrons. The van der Waals surface area contributed by atoms with Gasteiger partial charge in [-0.25, -0.2) is 0 Å². The molecule has 0 unspecified atom stereocenters. The Morgan fingerprint density at radius 2 is 2.00 bits per heavy atom. The van der Waals surface area contributed by atoms with Crippen LogP contribution in [0, 0.1) is 0 Å². The van der Waals surface area contributed by atoms with Crippen LogP contribution in [-0.4, -0.2) is 34.2 Å². The summed E-state index contributed by atoms with van der Waals surface area (Å²) in [6.45, 7) is 4.52. The predicted molar refractivity (Wildman–Crippen MR) is 101 cm³/mol. The molecule has 1 atom stereocenters. The van der Waals surface area contributed by atoms with E-state index in [1.165, 1.54) is 11.8 Å². The molecule has 0 fully saturated rings. The lowest BCUT2D eigenvalue weighted by Crippen LogP contribution is -2.30. The van der Waals surface area contributed by atoms with E-state index in [9.17, 15) is 4.79 Å². The van der Waals surface area contributed by atoms with Crippen molar-refractivity contribution in [3.8, 4) is 5.75 Å². The number of nitrogens with zero attached hydrogens (tertiary/aromatic N) is 2. The maximum atomic E-state index is 12.2. The van der Waals surface area contributed by atoms with Crippen molar-refractivity contribution >= 4 is 40.8 Å². The highest BCUT2D eigenvalue weighted by molar-refractivity contribution is 8.03. The van der Waals surface area contributed by atoms with Crippen LogP contribution in [0.2, 0.25) is 0 Å². The van der Waals surface area contributed by atoms with E-state index in [2.05, 4.69) is 22.4 Å². The number of amides is 1. The van der Waals surface area contributed by atoms with E-state index in [0.717, 1.165) is 32.2 Å². The number of aromatic nitrogens is 2. The van der Waals surface area contributed by atoms with Crippen molar-refractivity contribution in [1.29, 1.82) is 0 Å². The molecule has 0 spiro atoms. The molecule has 1 aromatic carbocycles. The molecule has 0 saturated carbocycles. The average Bonchev–Trinajstić information content (AvgIpc) is 3.05. The first-order valence-electron chi connectivity index (χ1n) is 7.66. The Hall–Kier alpha value is -1.25. The Kier molecular flexibility index (Phi) is 7.87. The van der Waals surface area contributed by atoms with Gasteiger partial charge in [-0.1, -0.05) is 53.9 Å². The van der Waals surface area contributed by atoms with Gasteiger partial charge in [-0.2, -0.15) is 0 Å². The highest BCUT2D eigenvalue weighted by atomic mass is 32.2. The third-order valence-electron chi connectivity index (χ3n) is 3.09. The van der Waals surface area contributed by atoms with Crippen LogP contribution in [0.4, 0.5) is 0 Å². The molecular formula is C16H21N3O2S3. The van der Waals surface area contributed by atoms with Crippen molar-refractivity contribution in [3.05, 3.63) is 29.8 Å². The summed E-state index contributed by atoms with van der Waals surface area (Å²) in [5.41, 5.74) is 1.04. The number of thioether (sulfide) groups is 2. The van der Waals surface area contributed by atoms with E-state index in [0.29, 0.717) is 6.54 Å². The molecule has 2 rings (SSSR count). The van der Waals surface area contributed by atoms with E-state index >= 15 is 0 Å². The van der Waals surface area contributed by atoms with Gasteiger partial charge in [0.25, 0.3) is 0 Å². The van der Waals surface area contributed by atoms with Gasteiger partial charge in [-0.05, 0) is 31.0 Å². The number of hydrogen-bond acceptors (Lipinski definition) is 7. The Balaban J connectivity index is 1.79. The Labute approximate surface area is 155 Å². The van der Waals surface area contributed by atoms with Gasteiger partial charge in [0.15, 0.2) is 8.68 Å². The Morgan fingerprint density at radius 1 is 1.29 bits per heavy atom. The van der Waals surface area contributed by atoms with Crippen molar-refractivity contribution in [3.63, 3.8) is 0 Å². The highest BCUT2D eigenvalue weighted by Gasteiger charge is 2.17. The fraction of sp³-hybridized carbons (Fsp3) is 0.438. The van der Waals surface area contributed by atoms with Gasteiger partial charge in [0.1, 0.15) is 5.75 Å². The van der Waals surface area contributed by atoms with Crippen molar-refractivity contribution in [2.24, 2.45) is 0 Å². The second kappa shape index (κ2) is 9.90. The number of nitrogens with one attached hydrogen (secondary N) is 1. The number of benzene rings is 1. The molecule has 1 aromatic heterocycles. The summed E-state index contributed by atoms with van der Waals surface area (Å²) in [7, 11) is 1.63. The van der Waals surface area contributed by atoms with Gasteiger partial charge in [0, 0.05) is 12.3 Å². The maximum Gasteiger partial charge on any atom is 0.233 e. The standard InChI is InChI=1S/C16H21N3O2S3/c1-4-9-22-15-18-19-16(24-15)23-11(2)14(20)17-10-12-5-7-13(21-3)8-6-12/h5-8,11H,4,9-10H2,1-3H3,(H,17,20)/t11-/m1/s1. The number of methoxy groups -OCH3 is 1. The van der Waals surface area contributed by atoms with Crippen LogP contribution in [0.1, 0.15) is 25.8 Å². The lowest BCUT2D eigenvalue weighted by atomic mass is 10.2. The van der Waals surface area contributed by atoms with Gasteiger partial charge in [0.2, 0.25) is 5.91 Å². The second-order valence-electron chi connectivity index (χ2n) is 5.01. The van der Waals surface area contributed by atoms with Gasteiger partial charge in [-0.15, -0.1) is 10.2 Å². The number of carbonyl (C=O) groups excluding carboxylic acids is 1. The second-order valence-corrected chi connectivity index (χ2v) is 8.92. The molecule has 130 valence electrons. The molecule has 0 bridgehead atoms. The third kappa shape index (κ3) is 5.99. The normalized spacial score (nSPS) is 12.0. The van der Waals surface area contributed by atoms with Crippen molar-refractivity contribution in [1.82, 2.24) is 15.5 Å². The number of carbonyl (C=O) groups is 1. The first-order valence-corrected chi connectivity index (χ1v) is 10.3. The lowest BCUT2D eigenvalue weighted by Gasteiger charge is -2.10. The Morgan fingerprint density at radius 3 is 2.67 bits per heavy atom. The zero-order chi connectivity index (χ0) is 17.4. The van der Waals surface area contributed by atoms with E-state index in [1.54, 1.807) is 30.2 Å². The summed E-state index contributed by atoms with van der Waals surface area (Å²) < 4.78 is 6.92. The summed E-state index contributed by atoms with van der Waals surface area (Å²) in [4.78, 5) is 12.2. The molecule has 0 saturated heterocycles. The molecule has 0 aliphatic carbocycles. The van der Waals surface area contributed by atoms with Crippen LogP contribution < -0.4 is 10.1 Å². The molecular weight excluding hydrogens is 362 g/mol. The average molecular weight is 384 g/mol. The fourth-order valence-corrected chi connectivity index (χ4v) is 4.89. The number of rotatable bonds is 9. The first kappa shape index (κ1) is 19.1. The molecule has 2 aromatic rings. The zero-order valence-corrected chi connectivity index (χ0v) is 16.4. The van der Waals surface area contributed by atoms with Gasteiger partial charge < -0.3 is 10.1 Å². The van der Waals surface area contributed by atoms with Crippen molar-refractivity contribution < 1.29 is 9.53 Å². The van der Waals surface area contributed by atoms with E-state index < -0.39 is 0 Å². The zero-order valence-electron chi connectivity index (χ0n) is 13.9. The molecule has 8 heteroatoms. The number of hydrogen-bond donors (Lipinski definition) is 1. The third-order valence-corrected chi connectivity index (χ3v) is 6.54. The van der Waals surface area contributed by atoms with Crippen LogP contribution >= 0.6 is 34.9 Å². The van der Waals surface area contributed by atoms with E-state index in [1.807, 2.05) is 31.2 Å². The van der Waals surface area contributed by atoms with Gasteiger partial charge in [-0.3, -0.25) is 4.79 Å². The quantitative estimate of drug-likeness (QED) is 0.664. The van der Waals surface area contributed by atoms with Crippen molar-refractivity contribution in [2.75, 3.05) is 12.9 Å². The summed E-state index contributed by atoms with van der Waals surface area (Å²) in [6, 6.07) is 7.66. The molecule has 5 nitrogen and oxygen atoms in total. The van der Waals surface area contributed by atoms with Crippen LogP contribution in [0.3, 0.4) is 0 Å². The molecule has 0 aliphatic heterocycles. The Bertz CT molecular complexity index is 646. The van der Waals surface area contributed by atoms with E-state index in [-0.39, 0.29) is 11.2 Å². The van der Waals surface area contributed by atoms with Crippen LogP contribution in [0.15, 0.2) is 32.9 Å². The van der Waals surface area contributed by atoms with Gasteiger partial charge >= 0.3 is 0 Å². The minimum atomic E-state index is -0.208. The minimum absolute atomic E-state index is 0.00576. The topological polar surface area (TPSA) is 64.1 Å². The monoisotopic (exact) mass is 383 g/mol. The molecule has 0 aliphatic rings. The molecule has 1 amide bonds. The lowest BCUT2D eigenvalue weighted by molar-refractivity contribution is -0.120. The summed E-state index contributed by atoms with van der Waals surface area (Å²) in [5, 5.41) is 11.0. The first-order chi connectivity index (χ1) is 11.6. The smallest absolute Gasteiger partial charge is 0.233 e. The molecule has 24 heavy (non-hydrogen) atoms. The summed E-state index contributed by atoms with van der Waals surface area (Å²) in [5.74, 6) is 1.84. The maximum absolute atomic E-state index is 12.2. The largest absolute Gasteiger partial charge is 0.497 e. The van der Waals surface area contributed by atoms with Crippen molar-refractivity contribution in [2.45, 2.75) is 40.7 Å². The number of ether oxygens (including phenoxy) is 1. The fourth-order valence-electron chi connectivity index (χ4n) is 1.77. The minimum Gasteiger partial charge on any atom is -0.497 e. The highest BCUT2D eigenvalue weighted by Crippen LogP contribution is 2.31. The summed E-state index contributed by atoms with van der Waals surface area (Å²) >= 11 is 4.70. The predicted octanol–water partition coefficient (Wildman–Crippen LogP) is 3.85. The molecule has 1 N–H and O–H groups in total. The van der Waals surface area contributed by atoms with Crippen LogP contribution in [0.5, 0.6) is 5.75 Å². The van der Waals surface area contributed by atoms with Crippen LogP contribution in [0.25, 0.3) is 0 Å². The summed E-state index contributed by atoms with van der Waals surface area (Å²) in [6.07, 6.45) is 1.11. The SMILES string of the molecule is CCCSc1nnc(S[C@H](C)C(=O)NCc2ccc(OC)cc2)s1. The van der Waals surface area contributed by atoms with Gasteiger partial charge in [0.05, 0.1) is 12.4 Å². The molecule has 1 heterocycles.